The highest BCUT2D eigenvalue weighted by Crippen LogP contribution is 2.37. The maximum absolute atomic E-state index is 13.9. The molecular formula is C29H31BrN2O5S. The first-order valence-electron chi connectivity index (χ1n) is 12.5. The van der Waals surface area contributed by atoms with Crippen LogP contribution in [-0.4, -0.2) is 30.9 Å². The average Bonchev–Trinajstić information content (AvgIpc) is 3.18. The molecule has 3 aromatic rings. The number of hydrogen-bond acceptors (Lipinski definition) is 7. The van der Waals surface area contributed by atoms with Crippen LogP contribution in [0.2, 0.25) is 0 Å². The number of rotatable bonds is 8. The van der Waals surface area contributed by atoms with Crippen molar-refractivity contribution in [3.8, 4) is 11.5 Å². The summed E-state index contributed by atoms with van der Waals surface area (Å²) >= 11 is 4.83. The quantitative estimate of drug-likeness (QED) is 0.337. The molecule has 0 saturated carbocycles. The zero-order chi connectivity index (χ0) is 27.6. The van der Waals surface area contributed by atoms with Crippen molar-refractivity contribution in [2.75, 3.05) is 20.3 Å². The second kappa shape index (κ2) is 11.7. The fourth-order valence-corrected chi connectivity index (χ4v) is 6.05. The van der Waals surface area contributed by atoms with Gasteiger partial charge in [-0.3, -0.25) is 9.36 Å². The van der Waals surface area contributed by atoms with Crippen LogP contribution in [0.4, 0.5) is 0 Å². The molecule has 38 heavy (non-hydrogen) atoms. The molecule has 7 nitrogen and oxygen atoms in total. The van der Waals surface area contributed by atoms with Crippen LogP contribution in [-0.2, 0) is 9.53 Å². The van der Waals surface area contributed by atoms with E-state index in [1.54, 1.807) is 31.6 Å². The molecule has 0 amide bonds. The molecule has 1 unspecified atom stereocenters. The number of methoxy groups -OCH3 is 1. The van der Waals surface area contributed by atoms with Crippen LogP contribution >= 0.6 is 27.3 Å². The summed E-state index contributed by atoms with van der Waals surface area (Å²) in [5.74, 6) is 1.05. The minimum absolute atomic E-state index is 0.230. The van der Waals surface area contributed by atoms with Gasteiger partial charge in [-0.1, -0.05) is 49.4 Å². The third-order valence-electron chi connectivity index (χ3n) is 6.27. The number of halogens is 1. The minimum Gasteiger partial charge on any atom is -0.493 e. The molecule has 2 aromatic carbocycles. The predicted molar refractivity (Wildman–Crippen MR) is 153 cm³/mol. The number of fused-ring (bicyclic) bond motifs is 1. The number of thiazole rings is 1. The van der Waals surface area contributed by atoms with Gasteiger partial charge in [0.05, 0.1) is 46.6 Å². The molecule has 1 aromatic heterocycles. The van der Waals surface area contributed by atoms with Crippen molar-refractivity contribution in [3.63, 3.8) is 0 Å². The molecule has 1 aliphatic heterocycles. The summed E-state index contributed by atoms with van der Waals surface area (Å²) < 4.78 is 19.4. The van der Waals surface area contributed by atoms with Crippen LogP contribution in [0.1, 0.15) is 63.3 Å². The number of benzene rings is 2. The van der Waals surface area contributed by atoms with Crippen LogP contribution in [0.15, 0.2) is 61.9 Å². The Labute approximate surface area is 234 Å². The van der Waals surface area contributed by atoms with Gasteiger partial charge in [0.15, 0.2) is 16.3 Å². The van der Waals surface area contributed by atoms with Gasteiger partial charge >= 0.3 is 5.97 Å². The van der Waals surface area contributed by atoms with Gasteiger partial charge in [0, 0.05) is 0 Å². The summed E-state index contributed by atoms with van der Waals surface area (Å²) in [6, 6.07) is 11.1. The van der Waals surface area contributed by atoms with Crippen molar-refractivity contribution < 1.29 is 19.0 Å². The molecule has 0 spiro atoms. The summed E-state index contributed by atoms with van der Waals surface area (Å²) in [5, 5.41) is 0. The van der Waals surface area contributed by atoms with E-state index in [-0.39, 0.29) is 12.2 Å². The lowest BCUT2D eigenvalue weighted by Gasteiger charge is -2.25. The van der Waals surface area contributed by atoms with Crippen LogP contribution < -0.4 is 24.4 Å². The third-order valence-corrected chi connectivity index (χ3v) is 7.85. The van der Waals surface area contributed by atoms with E-state index in [2.05, 4.69) is 34.8 Å². The van der Waals surface area contributed by atoms with E-state index in [4.69, 9.17) is 14.2 Å². The Morgan fingerprint density at radius 2 is 1.89 bits per heavy atom. The van der Waals surface area contributed by atoms with Gasteiger partial charge in [0.2, 0.25) is 0 Å². The maximum Gasteiger partial charge on any atom is 0.338 e. The number of nitrogens with zero attached hydrogens (tertiary/aromatic N) is 2. The summed E-state index contributed by atoms with van der Waals surface area (Å²) in [6.07, 6.45) is 1.80. The predicted octanol–water partition coefficient (Wildman–Crippen LogP) is 5.09. The molecule has 9 heteroatoms. The van der Waals surface area contributed by atoms with Crippen molar-refractivity contribution in [1.29, 1.82) is 0 Å². The third kappa shape index (κ3) is 5.35. The van der Waals surface area contributed by atoms with Gasteiger partial charge in [-0.15, -0.1) is 0 Å². The zero-order valence-electron chi connectivity index (χ0n) is 22.3. The lowest BCUT2D eigenvalue weighted by molar-refractivity contribution is -0.139. The van der Waals surface area contributed by atoms with E-state index in [0.717, 1.165) is 15.6 Å². The zero-order valence-corrected chi connectivity index (χ0v) is 24.7. The number of allylic oxidation sites excluding steroid dienone is 1. The summed E-state index contributed by atoms with van der Waals surface area (Å²) in [5.41, 5.74) is 3.44. The number of aromatic nitrogens is 1. The van der Waals surface area contributed by atoms with E-state index >= 15 is 0 Å². The highest BCUT2D eigenvalue weighted by Gasteiger charge is 2.33. The van der Waals surface area contributed by atoms with Crippen molar-refractivity contribution in [3.05, 3.63) is 88.5 Å². The summed E-state index contributed by atoms with van der Waals surface area (Å²) in [6.45, 7) is 10.4. The van der Waals surface area contributed by atoms with Crippen LogP contribution in [0, 0.1) is 0 Å². The van der Waals surface area contributed by atoms with Crippen molar-refractivity contribution in [2.24, 2.45) is 4.99 Å². The molecule has 0 aliphatic carbocycles. The highest BCUT2D eigenvalue weighted by molar-refractivity contribution is 9.10. The minimum atomic E-state index is -0.643. The molecule has 1 atom stereocenters. The van der Waals surface area contributed by atoms with Crippen LogP contribution in [0.5, 0.6) is 11.5 Å². The van der Waals surface area contributed by atoms with E-state index in [1.807, 2.05) is 43.3 Å². The average molecular weight is 600 g/mol. The maximum atomic E-state index is 13.9. The van der Waals surface area contributed by atoms with Crippen molar-refractivity contribution >= 4 is 39.3 Å². The first kappa shape index (κ1) is 27.9. The Kier molecular flexibility index (Phi) is 8.57. The molecule has 1 aliphatic rings. The molecule has 0 N–H and O–H groups in total. The Morgan fingerprint density at radius 1 is 1.18 bits per heavy atom. The lowest BCUT2D eigenvalue weighted by Crippen LogP contribution is -2.39. The smallest absolute Gasteiger partial charge is 0.338 e. The number of esters is 1. The number of carbonyl (C=O) groups is 1. The summed E-state index contributed by atoms with van der Waals surface area (Å²) in [4.78, 5) is 32.1. The highest BCUT2D eigenvalue weighted by atomic mass is 79.9. The van der Waals surface area contributed by atoms with Crippen LogP contribution in [0.25, 0.3) is 6.08 Å². The van der Waals surface area contributed by atoms with Gasteiger partial charge in [-0.05, 0) is 77.5 Å². The SMILES string of the molecule is CCOC(=O)C1=C(C)N=c2sc(=Cc3cc(Br)c(OCC)c(OC)c3)c(=O)n2C1c1ccc(C(C)C)cc1. The monoisotopic (exact) mass is 598 g/mol. The molecule has 4 rings (SSSR count). The standard InChI is InChI=1S/C29H31BrN2O5S/c1-7-36-26-21(30)13-18(14-22(26)35-6)15-23-27(33)32-25(20-11-9-19(10-12-20)16(3)4)24(28(34)37-8-2)17(5)31-29(32)38-23/h9-16,25H,7-8H2,1-6H3. The van der Waals surface area contributed by atoms with Crippen molar-refractivity contribution in [1.82, 2.24) is 4.57 Å². The fourth-order valence-electron chi connectivity index (χ4n) is 4.43. The molecule has 2 heterocycles. The molecular weight excluding hydrogens is 568 g/mol. The van der Waals surface area contributed by atoms with Crippen LogP contribution in [0.3, 0.4) is 0 Å². The second-order valence-corrected chi connectivity index (χ2v) is 11.0. The van der Waals surface area contributed by atoms with Gasteiger partial charge in [0.1, 0.15) is 0 Å². The lowest BCUT2D eigenvalue weighted by atomic mass is 9.93. The Morgan fingerprint density at radius 3 is 2.50 bits per heavy atom. The number of ether oxygens (including phenoxy) is 3. The summed E-state index contributed by atoms with van der Waals surface area (Å²) in [7, 11) is 1.58. The Hall–Kier alpha value is -3.17. The topological polar surface area (TPSA) is 79.1 Å². The second-order valence-electron chi connectivity index (χ2n) is 9.09. The normalized spacial score (nSPS) is 15.4. The molecule has 0 radical (unpaired) electrons. The number of carbonyl (C=O) groups excluding carboxylic acids is 1. The van der Waals surface area contributed by atoms with E-state index in [1.165, 1.54) is 16.9 Å². The van der Waals surface area contributed by atoms with Crippen molar-refractivity contribution in [2.45, 2.75) is 46.6 Å². The molecule has 200 valence electrons. The van der Waals surface area contributed by atoms with Gasteiger partial charge in [-0.2, -0.15) is 0 Å². The van der Waals surface area contributed by atoms with E-state index < -0.39 is 12.0 Å². The van der Waals surface area contributed by atoms with E-state index in [0.29, 0.717) is 44.6 Å². The Bertz CT molecular complexity index is 1570. The van der Waals surface area contributed by atoms with Gasteiger partial charge < -0.3 is 14.2 Å². The largest absolute Gasteiger partial charge is 0.493 e. The van der Waals surface area contributed by atoms with Gasteiger partial charge in [-0.25, -0.2) is 9.79 Å². The van der Waals surface area contributed by atoms with E-state index in [9.17, 15) is 9.59 Å². The number of hydrogen-bond donors (Lipinski definition) is 0. The first-order chi connectivity index (χ1) is 18.2. The first-order valence-corrected chi connectivity index (χ1v) is 14.1. The molecule has 0 bridgehead atoms. The molecule has 0 fully saturated rings. The Balaban J connectivity index is 1.91. The fraction of sp³-hybridized carbons (Fsp3) is 0.345. The van der Waals surface area contributed by atoms with Gasteiger partial charge in [0.25, 0.3) is 5.56 Å². The molecule has 0 saturated heterocycles.